The number of aliphatic hydroxyl groups is 8. The zero-order valence-electron chi connectivity index (χ0n) is 40.5. The van der Waals surface area contributed by atoms with Gasteiger partial charge in [0.05, 0.1) is 32.0 Å². The molecule has 2 aliphatic rings. The zero-order valence-corrected chi connectivity index (χ0v) is 40.5. The maximum atomic E-state index is 13.1. The van der Waals surface area contributed by atoms with Crippen LogP contribution in [-0.4, -0.2) is 140 Å². The van der Waals surface area contributed by atoms with Gasteiger partial charge >= 0.3 is 0 Å². The molecular formula is C51H95NO13. The Morgan fingerprint density at radius 1 is 0.538 bits per heavy atom. The highest BCUT2D eigenvalue weighted by Gasteiger charge is 2.51. The van der Waals surface area contributed by atoms with E-state index in [1.54, 1.807) is 6.08 Å². The molecule has 14 nitrogen and oxygen atoms in total. The van der Waals surface area contributed by atoms with Crippen molar-refractivity contribution in [1.82, 2.24) is 5.32 Å². The Morgan fingerprint density at radius 3 is 1.49 bits per heavy atom. The Labute approximate surface area is 392 Å². The Bertz CT molecular complexity index is 1190. The highest BCUT2D eigenvalue weighted by Crippen LogP contribution is 2.30. The normalized spacial score (nSPS) is 27.2. The first kappa shape index (κ1) is 59.6. The first-order chi connectivity index (χ1) is 31.6. The van der Waals surface area contributed by atoms with Crippen LogP contribution in [-0.2, 0) is 23.7 Å². The lowest BCUT2D eigenvalue weighted by molar-refractivity contribution is -0.359. The molecule has 2 saturated heterocycles. The summed E-state index contributed by atoms with van der Waals surface area (Å²) in [6.45, 7) is 2.69. The fourth-order valence-electron chi connectivity index (χ4n) is 8.59. The predicted molar refractivity (Wildman–Crippen MR) is 254 cm³/mol. The van der Waals surface area contributed by atoms with Crippen molar-refractivity contribution in [2.24, 2.45) is 0 Å². The van der Waals surface area contributed by atoms with E-state index in [0.29, 0.717) is 12.8 Å². The van der Waals surface area contributed by atoms with Gasteiger partial charge in [0.2, 0.25) is 5.91 Å². The van der Waals surface area contributed by atoms with Gasteiger partial charge in [-0.3, -0.25) is 4.79 Å². The topological polar surface area (TPSA) is 228 Å². The molecule has 2 aliphatic heterocycles. The van der Waals surface area contributed by atoms with Gasteiger partial charge in [-0.25, -0.2) is 0 Å². The van der Waals surface area contributed by atoms with Gasteiger partial charge in [-0.05, 0) is 25.7 Å². The van der Waals surface area contributed by atoms with Crippen LogP contribution in [0, 0.1) is 0 Å². The number of amides is 1. The lowest BCUT2D eigenvalue weighted by atomic mass is 9.97. The SMILES string of the molecule is CCCC/C=C/CC/C=C/C(O)C(COC1OC(CO)C(OC2OC(CO)C(O)C(O)C2O)C(O)C1O)NC(=O)CCCCCCCCCCCCCCCCCCCCCCCCC. The van der Waals surface area contributed by atoms with E-state index in [0.717, 1.165) is 44.9 Å². The van der Waals surface area contributed by atoms with E-state index in [4.69, 9.17) is 18.9 Å². The molecule has 2 fully saturated rings. The molecule has 0 aromatic heterocycles. The van der Waals surface area contributed by atoms with E-state index in [1.165, 1.54) is 122 Å². The minimum absolute atomic E-state index is 0.250. The van der Waals surface area contributed by atoms with Crippen LogP contribution < -0.4 is 5.32 Å². The average molecular weight is 930 g/mol. The van der Waals surface area contributed by atoms with Crippen molar-refractivity contribution in [2.75, 3.05) is 19.8 Å². The molecule has 0 spiro atoms. The van der Waals surface area contributed by atoms with Crippen LogP contribution >= 0.6 is 0 Å². The van der Waals surface area contributed by atoms with Gasteiger partial charge in [0.25, 0.3) is 0 Å². The molecule has 12 unspecified atom stereocenters. The van der Waals surface area contributed by atoms with Crippen LogP contribution in [0.1, 0.15) is 200 Å². The van der Waals surface area contributed by atoms with Crippen LogP contribution in [0.25, 0.3) is 0 Å². The highest BCUT2D eigenvalue weighted by atomic mass is 16.7. The first-order valence-electron chi connectivity index (χ1n) is 26.1. The second kappa shape index (κ2) is 38.3. The molecule has 0 bridgehead atoms. The molecule has 0 saturated carbocycles. The summed E-state index contributed by atoms with van der Waals surface area (Å²) < 4.78 is 22.6. The van der Waals surface area contributed by atoms with Gasteiger partial charge in [0.15, 0.2) is 12.6 Å². The lowest BCUT2D eigenvalue weighted by Gasteiger charge is -2.46. The highest BCUT2D eigenvalue weighted by molar-refractivity contribution is 5.76. The zero-order chi connectivity index (χ0) is 47.5. The van der Waals surface area contributed by atoms with Crippen LogP contribution in [0.2, 0.25) is 0 Å². The number of carbonyl (C=O) groups excluding carboxylic acids is 1. The van der Waals surface area contributed by atoms with Gasteiger partial charge in [-0.1, -0.05) is 192 Å². The monoisotopic (exact) mass is 930 g/mol. The van der Waals surface area contributed by atoms with Crippen LogP contribution in [0.5, 0.6) is 0 Å². The van der Waals surface area contributed by atoms with Crippen LogP contribution in [0.15, 0.2) is 24.3 Å². The summed E-state index contributed by atoms with van der Waals surface area (Å²) >= 11 is 0. The minimum atomic E-state index is -1.79. The average Bonchev–Trinajstić information content (AvgIpc) is 3.30. The van der Waals surface area contributed by atoms with Gasteiger partial charge in [0.1, 0.15) is 48.8 Å². The van der Waals surface area contributed by atoms with Gasteiger partial charge in [-0.15, -0.1) is 0 Å². The van der Waals surface area contributed by atoms with E-state index in [1.807, 2.05) is 6.08 Å². The smallest absolute Gasteiger partial charge is 0.220 e. The second-order valence-corrected chi connectivity index (χ2v) is 18.6. The van der Waals surface area contributed by atoms with Crippen molar-refractivity contribution in [3.63, 3.8) is 0 Å². The summed E-state index contributed by atoms with van der Waals surface area (Å²) in [5.74, 6) is -0.250. The summed E-state index contributed by atoms with van der Waals surface area (Å²) in [6, 6.07) is -0.924. The van der Waals surface area contributed by atoms with Crippen molar-refractivity contribution in [3.8, 4) is 0 Å². The summed E-state index contributed by atoms with van der Waals surface area (Å²) in [7, 11) is 0. The van der Waals surface area contributed by atoms with E-state index >= 15 is 0 Å². The second-order valence-electron chi connectivity index (χ2n) is 18.6. The van der Waals surface area contributed by atoms with Crippen molar-refractivity contribution >= 4 is 5.91 Å². The Balaban J connectivity index is 1.72. The molecule has 1 amide bonds. The third-order valence-electron chi connectivity index (χ3n) is 12.9. The summed E-state index contributed by atoms with van der Waals surface area (Å²) in [6.07, 6.45) is 25.5. The minimum Gasteiger partial charge on any atom is -0.394 e. The maximum absolute atomic E-state index is 13.1. The quantitative estimate of drug-likeness (QED) is 0.0225. The Morgan fingerprint density at radius 2 is 0.985 bits per heavy atom. The number of carbonyl (C=O) groups is 1. The third-order valence-corrected chi connectivity index (χ3v) is 12.9. The number of nitrogens with one attached hydrogen (secondary N) is 1. The molecule has 2 rings (SSSR count). The molecule has 0 aromatic rings. The summed E-state index contributed by atoms with van der Waals surface area (Å²) in [5, 5.41) is 86.4. The van der Waals surface area contributed by atoms with Crippen molar-refractivity contribution < 1.29 is 64.6 Å². The third kappa shape index (κ3) is 25.6. The molecule has 14 heteroatoms. The number of ether oxygens (including phenoxy) is 4. The molecule has 2 heterocycles. The number of aliphatic hydroxyl groups excluding tert-OH is 8. The number of allylic oxidation sites excluding steroid dienone is 3. The van der Waals surface area contributed by atoms with Gasteiger partial charge < -0.3 is 65.1 Å². The molecule has 65 heavy (non-hydrogen) atoms. The lowest BCUT2D eigenvalue weighted by Crippen LogP contribution is -2.65. The number of rotatable bonds is 40. The van der Waals surface area contributed by atoms with Gasteiger partial charge in [0, 0.05) is 6.42 Å². The van der Waals surface area contributed by atoms with E-state index < -0.39 is 86.8 Å². The molecule has 9 N–H and O–H groups in total. The van der Waals surface area contributed by atoms with Crippen LogP contribution in [0.3, 0.4) is 0 Å². The van der Waals surface area contributed by atoms with Crippen LogP contribution in [0.4, 0.5) is 0 Å². The fraction of sp³-hybridized carbons (Fsp3) is 0.902. The largest absolute Gasteiger partial charge is 0.394 e. The molecule has 0 radical (unpaired) electrons. The Kier molecular flexibility index (Phi) is 35.1. The van der Waals surface area contributed by atoms with E-state index in [2.05, 4.69) is 31.3 Å². The van der Waals surface area contributed by atoms with E-state index in [9.17, 15) is 45.6 Å². The predicted octanol–water partition coefficient (Wildman–Crippen LogP) is 6.94. The van der Waals surface area contributed by atoms with Crippen molar-refractivity contribution in [2.45, 2.75) is 274 Å². The molecule has 0 aromatic carbocycles. The number of hydrogen-bond donors (Lipinski definition) is 9. The fourth-order valence-corrected chi connectivity index (χ4v) is 8.59. The van der Waals surface area contributed by atoms with Crippen molar-refractivity contribution in [1.29, 1.82) is 0 Å². The molecule has 382 valence electrons. The van der Waals surface area contributed by atoms with Crippen molar-refractivity contribution in [3.05, 3.63) is 24.3 Å². The standard InChI is InChI=1S/C51H95NO13/c1-3-5-7-9-11-13-14-15-16-17-18-19-20-21-22-23-24-25-26-27-29-31-33-35-43(56)52-39(40(55)34-32-30-28-12-10-8-6-4-2)38-62-50-48(61)46(59)49(42(37-54)64-50)65-51-47(60)45(58)44(57)41(36-53)63-51/h10,12,32,34,39-42,44-51,53-55,57-61H,3-9,11,13-31,33,35-38H2,1-2H3,(H,52,56)/b12-10+,34-32+. The summed E-state index contributed by atoms with van der Waals surface area (Å²) in [4.78, 5) is 13.1. The van der Waals surface area contributed by atoms with Gasteiger partial charge in [-0.2, -0.15) is 0 Å². The first-order valence-corrected chi connectivity index (χ1v) is 26.1. The Hall–Kier alpha value is -1.53. The summed E-state index contributed by atoms with van der Waals surface area (Å²) in [5.41, 5.74) is 0. The molecule has 12 atom stereocenters. The van der Waals surface area contributed by atoms with E-state index in [-0.39, 0.29) is 18.9 Å². The number of hydrogen-bond acceptors (Lipinski definition) is 13. The maximum Gasteiger partial charge on any atom is 0.220 e. The molecule has 0 aliphatic carbocycles. The molecular weight excluding hydrogens is 835 g/mol. The number of unbranched alkanes of at least 4 members (excludes halogenated alkanes) is 25.